The summed E-state index contributed by atoms with van der Waals surface area (Å²) >= 11 is 0. The highest BCUT2D eigenvalue weighted by atomic mass is 15.2. The summed E-state index contributed by atoms with van der Waals surface area (Å²) in [7, 11) is 0. The van der Waals surface area contributed by atoms with Gasteiger partial charge in [0.2, 0.25) is 0 Å². The van der Waals surface area contributed by atoms with Gasteiger partial charge in [-0.3, -0.25) is 0 Å². The zero-order valence-electron chi connectivity index (χ0n) is 35.2. The molecule has 1 spiro atoms. The summed E-state index contributed by atoms with van der Waals surface area (Å²) in [5.41, 5.74) is 19.7. The van der Waals surface area contributed by atoms with Crippen LogP contribution in [0.5, 0.6) is 0 Å². The second-order valence-corrected chi connectivity index (χ2v) is 21.8. The van der Waals surface area contributed by atoms with Gasteiger partial charge in [-0.2, -0.15) is 0 Å². The Morgan fingerprint density at radius 2 is 1.04 bits per heavy atom. The third kappa shape index (κ3) is 4.61. The Kier molecular flexibility index (Phi) is 7.22. The molecule has 0 saturated heterocycles. The zero-order valence-corrected chi connectivity index (χ0v) is 35.2. The normalized spacial score (nSPS) is 28.8. The smallest absolute Gasteiger partial charge is 0.0543 e. The van der Waals surface area contributed by atoms with Crippen LogP contribution < -0.4 is 4.90 Å². The van der Waals surface area contributed by atoms with E-state index in [0.29, 0.717) is 0 Å². The van der Waals surface area contributed by atoms with Crippen LogP contribution in [-0.2, 0) is 27.1 Å². The Bertz CT molecular complexity index is 2420. The molecule has 5 unspecified atom stereocenters. The van der Waals surface area contributed by atoms with Crippen LogP contribution in [0.2, 0.25) is 0 Å². The highest BCUT2D eigenvalue weighted by molar-refractivity contribution is 5.96. The minimum absolute atomic E-state index is 0.0572. The second-order valence-electron chi connectivity index (χ2n) is 21.8. The van der Waals surface area contributed by atoms with E-state index in [0.717, 1.165) is 23.7 Å². The monoisotopic (exact) mass is 735 g/mol. The van der Waals surface area contributed by atoms with Crippen LogP contribution in [0.25, 0.3) is 22.3 Å². The molecule has 5 aromatic carbocycles. The highest BCUT2D eigenvalue weighted by Crippen LogP contribution is 2.73. The summed E-state index contributed by atoms with van der Waals surface area (Å²) < 4.78 is 0. The molecule has 1 heteroatoms. The van der Waals surface area contributed by atoms with Crippen LogP contribution >= 0.6 is 0 Å². The Morgan fingerprint density at radius 3 is 1.75 bits per heavy atom. The first-order valence-electron chi connectivity index (χ1n) is 22.1. The molecule has 286 valence electrons. The van der Waals surface area contributed by atoms with Crippen molar-refractivity contribution in [1.82, 2.24) is 0 Å². The van der Waals surface area contributed by atoms with Crippen LogP contribution in [0, 0.1) is 23.7 Å². The topological polar surface area (TPSA) is 3.24 Å². The van der Waals surface area contributed by atoms with Gasteiger partial charge in [0.25, 0.3) is 0 Å². The Balaban J connectivity index is 1.15. The minimum Gasteiger partial charge on any atom is -0.310 e. The molecule has 56 heavy (non-hydrogen) atoms. The third-order valence-electron chi connectivity index (χ3n) is 16.9. The predicted molar refractivity (Wildman–Crippen MR) is 236 cm³/mol. The number of rotatable bonds is 4. The van der Waals surface area contributed by atoms with Crippen molar-refractivity contribution in [2.24, 2.45) is 23.7 Å². The molecule has 12 rings (SSSR count). The molecule has 0 heterocycles. The van der Waals surface area contributed by atoms with Crippen molar-refractivity contribution >= 4 is 17.1 Å². The van der Waals surface area contributed by atoms with E-state index < -0.39 is 0 Å². The summed E-state index contributed by atoms with van der Waals surface area (Å²) in [5, 5.41) is 0. The average molecular weight is 736 g/mol. The number of nitrogens with zero attached hydrogens (tertiary/aromatic N) is 1. The van der Waals surface area contributed by atoms with Crippen LogP contribution in [0.1, 0.15) is 140 Å². The molecule has 4 saturated carbocycles. The van der Waals surface area contributed by atoms with Gasteiger partial charge < -0.3 is 4.90 Å². The van der Waals surface area contributed by atoms with Gasteiger partial charge in [0.05, 0.1) is 11.4 Å². The van der Waals surface area contributed by atoms with Gasteiger partial charge in [-0.1, -0.05) is 134 Å². The minimum atomic E-state index is 0.0572. The number of benzene rings is 5. The molecule has 7 aliphatic rings. The van der Waals surface area contributed by atoms with Gasteiger partial charge in [-0.25, -0.2) is 0 Å². The SMILES string of the molecule is CC1(C)CCC(C)(C)c2c(-c3ccc(N(c4cccc5c4-c4ccccc4C54C5CC6CC(C5)C4C6)c4cccc5c4C(C)(C)CCC5(C)C)cc3)cccc21. The fraction of sp³-hybridized carbons (Fsp3) is 0.455. The zero-order chi connectivity index (χ0) is 38.6. The van der Waals surface area contributed by atoms with E-state index in [2.05, 4.69) is 163 Å². The Hall–Kier alpha value is -4.10. The molecular weight excluding hydrogens is 675 g/mol. The van der Waals surface area contributed by atoms with Gasteiger partial charge >= 0.3 is 0 Å². The Morgan fingerprint density at radius 1 is 0.464 bits per heavy atom. The van der Waals surface area contributed by atoms with Crippen LogP contribution in [0.4, 0.5) is 17.1 Å². The number of fused-ring (bicyclic) bond motifs is 5. The van der Waals surface area contributed by atoms with E-state index in [1.807, 2.05) is 0 Å². The quantitative estimate of drug-likeness (QED) is 0.178. The van der Waals surface area contributed by atoms with Crippen molar-refractivity contribution in [1.29, 1.82) is 0 Å². The van der Waals surface area contributed by atoms with Crippen molar-refractivity contribution in [2.45, 2.75) is 134 Å². The Labute approximate surface area is 337 Å². The van der Waals surface area contributed by atoms with E-state index in [9.17, 15) is 0 Å². The van der Waals surface area contributed by atoms with E-state index in [1.54, 1.807) is 16.7 Å². The number of hydrogen-bond acceptors (Lipinski definition) is 1. The van der Waals surface area contributed by atoms with Gasteiger partial charge in [0.15, 0.2) is 0 Å². The maximum absolute atomic E-state index is 2.71. The first kappa shape index (κ1) is 35.1. The van der Waals surface area contributed by atoms with Gasteiger partial charge in [-0.15, -0.1) is 0 Å². The molecule has 4 fully saturated rings. The third-order valence-corrected chi connectivity index (χ3v) is 16.9. The van der Waals surface area contributed by atoms with Gasteiger partial charge in [0.1, 0.15) is 0 Å². The van der Waals surface area contributed by atoms with Crippen molar-refractivity contribution in [3.63, 3.8) is 0 Å². The fourth-order valence-electron chi connectivity index (χ4n) is 14.2. The second kappa shape index (κ2) is 11.5. The maximum Gasteiger partial charge on any atom is 0.0543 e. The molecule has 5 aromatic rings. The number of hydrogen-bond donors (Lipinski definition) is 0. The summed E-state index contributed by atoms with van der Waals surface area (Å²) in [6.07, 6.45) is 10.5. The first-order valence-corrected chi connectivity index (χ1v) is 22.1. The molecular formula is C55H61N. The molecule has 0 aromatic heterocycles. The lowest BCUT2D eigenvalue weighted by Gasteiger charge is -2.45. The van der Waals surface area contributed by atoms with Crippen LogP contribution in [0.3, 0.4) is 0 Å². The maximum atomic E-state index is 2.71. The highest BCUT2D eigenvalue weighted by Gasteiger charge is 2.66. The number of anilines is 3. The van der Waals surface area contributed by atoms with E-state index >= 15 is 0 Å². The molecule has 0 amide bonds. The molecule has 0 N–H and O–H groups in total. The fourth-order valence-corrected chi connectivity index (χ4v) is 14.2. The largest absolute Gasteiger partial charge is 0.310 e. The summed E-state index contributed by atoms with van der Waals surface area (Å²) in [6.45, 7) is 19.7. The standard InChI is InChI=1S/C55H61N/c1-51(2)26-28-53(5,6)49-39(15-11-18-43(49)51)35-22-24-38(25-23-35)56(47-21-13-19-44-50(47)54(7,8)29-27-52(44,3)4)46-20-12-17-42-48(46)40-14-9-10-16-41(40)55(42)37-31-34-30-36(33-37)45(55)32-34/h9-25,34,36-37,45H,26-33H2,1-8H3. The summed E-state index contributed by atoms with van der Waals surface area (Å²) in [5.74, 6) is 3.35. The van der Waals surface area contributed by atoms with Crippen molar-refractivity contribution in [3.8, 4) is 22.3 Å². The van der Waals surface area contributed by atoms with E-state index in [4.69, 9.17) is 0 Å². The summed E-state index contributed by atoms with van der Waals surface area (Å²) in [6, 6.07) is 41.2. The van der Waals surface area contributed by atoms with Gasteiger partial charge in [-0.05, 0) is 171 Å². The van der Waals surface area contributed by atoms with Crippen molar-refractivity contribution in [3.05, 3.63) is 137 Å². The molecule has 1 nitrogen and oxygen atoms in total. The first-order chi connectivity index (χ1) is 26.7. The lowest BCUT2D eigenvalue weighted by Crippen LogP contribution is -2.40. The van der Waals surface area contributed by atoms with Gasteiger partial charge in [0, 0.05) is 16.7 Å². The lowest BCUT2D eigenvalue weighted by atomic mass is 9.59. The average Bonchev–Trinajstić information content (AvgIpc) is 3.73. The molecule has 0 aliphatic heterocycles. The van der Waals surface area contributed by atoms with Crippen molar-refractivity contribution in [2.75, 3.05) is 4.90 Å². The molecule has 0 radical (unpaired) electrons. The predicted octanol–water partition coefficient (Wildman–Crippen LogP) is 14.9. The summed E-state index contributed by atoms with van der Waals surface area (Å²) in [4.78, 5) is 2.71. The molecule has 7 aliphatic carbocycles. The molecule has 5 atom stereocenters. The lowest BCUT2D eigenvalue weighted by molar-refractivity contribution is 0.191. The van der Waals surface area contributed by atoms with Crippen molar-refractivity contribution < 1.29 is 0 Å². The van der Waals surface area contributed by atoms with Crippen LogP contribution in [0.15, 0.2) is 103 Å². The van der Waals surface area contributed by atoms with E-state index in [-0.39, 0.29) is 27.1 Å². The molecule has 4 bridgehead atoms. The van der Waals surface area contributed by atoms with E-state index in [1.165, 1.54) is 107 Å². The van der Waals surface area contributed by atoms with Crippen LogP contribution in [-0.4, -0.2) is 0 Å².